The summed E-state index contributed by atoms with van der Waals surface area (Å²) in [5.74, 6) is 0. The van der Waals surface area contributed by atoms with E-state index >= 15 is 0 Å². The van der Waals surface area contributed by atoms with Crippen molar-refractivity contribution in [3.8, 4) is 0 Å². The molecule has 6 aromatic carbocycles. The van der Waals surface area contributed by atoms with Crippen molar-refractivity contribution >= 4 is 103 Å². The summed E-state index contributed by atoms with van der Waals surface area (Å²) in [6.45, 7) is 0. The molecule has 0 saturated carbocycles. The van der Waals surface area contributed by atoms with Crippen LogP contribution in [0, 0.1) is 6.07 Å². The predicted molar refractivity (Wildman–Crippen MR) is 212 cm³/mol. The van der Waals surface area contributed by atoms with Crippen LogP contribution >= 0.6 is 72.3 Å². The fraction of sp³-hybridized carbons (Fsp3) is 0. The van der Waals surface area contributed by atoms with Gasteiger partial charge in [0.15, 0.2) is 9.84 Å². The minimum Gasteiger partial charge on any atom is -0.744 e. The Kier molecular flexibility index (Phi) is 19.6. The molecule has 0 N–H and O–H groups in total. The third-order valence-electron chi connectivity index (χ3n) is 6.81. The molecule has 0 unspecified atom stereocenters. The third-order valence-corrected chi connectivity index (χ3v) is 14.3. The summed E-state index contributed by atoms with van der Waals surface area (Å²) >= 11 is 14.3. The largest absolute Gasteiger partial charge is 1.00 e. The number of thiol groups is 2. The summed E-state index contributed by atoms with van der Waals surface area (Å²) in [7, 11) is -12.3. The molecule has 0 fully saturated rings. The van der Waals surface area contributed by atoms with Gasteiger partial charge in [0.05, 0.1) is 9.79 Å². The van der Waals surface area contributed by atoms with Crippen LogP contribution in [0.5, 0.6) is 0 Å². The Hall–Kier alpha value is -1.10. The zero-order chi connectivity index (χ0) is 38.2. The maximum Gasteiger partial charge on any atom is 1.00 e. The first-order chi connectivity index (χ1) is 25.2. The van der Waals surface area contributed by atoms with Gasteiger partial charge in [-0.2, -0.15) is 24.3 Å². The second kappa shape index (κ2) is 22.3. The van der Waals surface area contributed by atoms with E-state index in [2.05, 4.69) is 31.3 Å². The fourth-order valence-electron chi connectivity index (χ4n) is 4.40. The minimum absolute atomic E-state index is 0. The van der Waals surface area contributed by atoms with Crippen molar-refractivity contribution in [2.24, 2.45) is 0 Å². The Labute approximate surface area is 394 Å². The van der Waals surface area contributed by atoms with Gasteiger partial charge < -0.3 is 4.55 Å². The van der Waals surface area contributed by atoms with Gasteiger partial charge in [0.25, 0.3) is 0 Å². The summed E-state index contributed by atoms with van der Waals surface area (Å²) in [6, 6.07) is 42.2. The van der Waals surface area contributed by atoms with E-state index in [0.717, 1.165) is 52.1 Å². The van der Waals surface area contributed by atoms with Gasteiger partial charge in [-0.1, -0.05) is 35.3 Å². The van der Waals surface area contributed by atoms with Crippen LogP contribution in [0.1, 0.15) is 0 Å². The van der Waals surface area contributed by atoms with Gasteiger partial charge in [-0.25, -0.2) is 16.8 Å². The molecule has 0 atom stereocenters. The molecule has 0 bridgehead atoms. The zero-order valence-corrected chi connectivity index (χ0v) is 40.2. The molecule has 0 saturated heterocycles. The SMILES string of the molecule is O=S(=O)([O-])c1cc(S(=O)(=O)c2c[c-]c(Sc3ccc(Sc4ccc(S)cc4)cc3)cc2)ccc1Sc1ccc(Sc2ccc(S)cc2)cc1.O=S(=O)=O.[Na+].[Na+]. The van der Waals surface area contributed by atoms with Crippen LogP contribution in [-0.4, -0.2) is 34.0 Å². The van der Waals surface area contributed by atoms with Gasteiger partial charge >= 0.3 is 69.7 Å². The Balaban J connectivity index is 0.00000129. The summed E-state index contributed by atoms with van der Waals surface area (Å²) < 4.78 is 89.3. The number of sulfone groups is 1. The summed E-state index contributed by atoms with van der Waals surface area (Å²) in [4.78, 5) is 7.50. The van der Waals surface area contributed by atoms with Crippen LogP contribution in [0.4, 0.5) is 0 Å². The monoisotopic (exact) mass is 918 g/mol. The van der Waals surface area contributed by atoms with Crippen molar-refractivity contribution < 1.29 is 93.1 Å². The molecule has 6 aromatic rings. The number of hydrogen-bond donors (Lipinski definition) is 2. The van der Waals surface area contributed by atoms with Crippen molar-refractivity contribution in [3.63, 3.8) is 0 Å². The summed E-state index contributed by atoms with van der Waals surface area (Å²) in [5, 5.41) is 0. The molecule has 0 radical (unpaired) electrons. The minimum atomic E-state index is -5.00. The van der Waals surface area contributed by atoms with Gasteiger partial charge in [-0.3, -0.25) is 0 Å². The third kappa shape index (κ3) is 14.9. The van der Waals surface area contributed by atoms with Crippen LogP contribution in [0.25, 0.3) is 0 Å². The first-order valence-corrected chi connectivity index (χ1v) is 22.8. The maximum atomic E-state index is 13.5. The van der Waals surface area contributed by atoms with E-state index in [9.17, 15) is 21.4 Å². The molecule has 0 amide bonds. The van der Waals surface area contributed by atoms with Crippen molar-refractivity contribution in [2.45, 2.75) is 63.6 Å². The van der Waals surface area contributed by atoms with Gasteiger partial charge in [0.1, 0.15) is 10.1 Å². The molecule has 19 heteroatoms. The van der Waals surface area contributed by atoms with Gasteiger partial charge in [0.2, 0.25) is 0 Å². The van der Waals surface area contributed by atoms with Crippen LogP contribution in [0.3, 0.4) is 0 Å². The molecule has 55 heavy (non-hydrogen) atoms. The van der Waals surface area contributed by atoms with Crippen LogP contribution < -0.4 is 59.1 Å². The fourth-order valence-corrected chi connectivity index (χ4v) is 10.3. The quantitative estimate of drug-likeness (QED) is 0.0852. The normalized spacial score (nSPS) is 11.0. The first-order valence-electron chi connectivity index (χ1n) is 14.8. The molecule has 0 spiro atoms. The second-order valence-electron chi connectivity index (χ2n) is 10.5. The predicted octanol–water partition coefficient (Wildman–Crippen LogP) is 3.41. The van der Waals surface area contributed by atoms with E-state index in [1.54, 1.807) is 29.6 Å². The average molecular weight is 919 g/mol. The molecular formula is C36H24Na2O8S9. The molecule has 272 valence electrons. The van der Waals surface area contributed by atoms with E-state index in [1.165, 1.54) is 36.0 Å². The zero-order valence-electron chi connectivity index (χ0n) is 28.7. The standard InChI is InChI=1S/C36H25O5S8.2Na.O3S/c37-48(38,33-19-17-31(18-20-33)46-29-11-9-28(10-12-29)44-26-5-1-24(42)2-6-26)34-21-22-35(36(23-34)49(39,40)41)47-32-15-13-30(14-16-32)45-27-7-3-25(43)4-8-27;;;1-4(2)3/h1-17,19-23,42-43H,(H,39,40,41);;;/q-1;2*+1;/p-1. The number of benzene rings is 6. The molecule has 0 aliphatic carbocycles. The van der Waals surface area contributed by atoms with E-state index < -0.39 is 35.5 Å². The van der Waals surface area contributed by atoms with Crippen molar-refractivity contribution in [2.75, 3.05) is 0 Å². The van der Waals surface area contributed by atoms with E-state index in [1.807, 2.05) is 97.1 Å². The molecule has 6 rings (SSSR count). The second-order valence-corrected chi connectivity index (χ2v) is 19.8. The van der Waals surface area contributed by atoms with Crippen LogP contribution in [-0.2, 0) is 30.6 Å². The topological polar surface area (TPSA) is 143 Å². The van der Waals surface area contributed by atoms with E-state index in [-0.39, 0.29) is 73.8 Å². The van der Waals surface area contributed by atoms with Crippen LogP contribution in [0.15, 0.2) is 197 Å². The Morgan fingerprint density at radius 2 is 0.873 bits per heavy atom. The smallest absolute Gasteiger partial charge is 0.744 e. The van der Waals surface area contributed by atoms with Crippen molar-refractivity contribution in [3.05, 3.63) is 140 Å². The van der Waals surface area contributed by atoms with Gasteiger partial charge in [-0.05, 0) is 120 Å². The Bertz CT molecular complexity index is 2530. The average Bonchev–Trinajstić information content (AvgIpc) is 3.11. The number of hydrogen-bond acceptors (Lipinski definition) is 14. The molecule has 0 aliphatic rings. The van der Waals surface area contributed by atoms with E-state index in [0.29, 0.717) is 9.79 Å². The molecule has 0 aliphatic heterocycles. The maximum absolute atomic E-state index is 13.5. The summed E-state index contributed by atoms with van der Waals surface area (Å²) in [5.41, 5.74) is 0. The van der Waals surface area contributed by atoms with E-state index in [4.69, 9.17) is 12.6 Å². The molecular weight excluding hydrogens is 895 g/mol. The molecule has 8 nitrogen and oxygen atoms in total. The molecule has 0 aromatic heterocycles. The van der Waals surface area contributed by atoms with Crippen LogP contribution in [0.2, 0.25) is 0 Å². The first kappa shape index (κ1) is 48.3. The Morgan fingerprint density at radius 1 is 0.509 bits per heavy atom. The molecule has 0 heterocycles. The van der Waals surface area contributed by atoms with Gasteiger partial charge in [0, 0.05) is 44.1 Å². The van der Waals surface area contributed by atoms with Crippen molar-refractivity contribution in [1.82, 2.24) is 0 Å². The van der Waals surface area contributed by atoms with Crippen molar-refractivity contribution in [1.29, 1.82) is 0 Å². The Morgan fingerprint density at radius 3 is 1.25 bits per heavy atom. The number of rotatable bonds is 11. The van der Waals surface area contributed by atoms with Gasteiger partial charge in [-0.15, -0.1) is 54.5 Å². The summed E-state index contributed by atoms with van der Waals surface area (Å²) in [6.07, 6.45) is 0.